The molecule has 1 aromatic carbocycles. The molecule has 0 aliphatic carbocycles. The van der Waals surface area contributed by atoms with Gasteiger partial charge in [0.05, 0.1) is 5.92 Å². The van der Waals surface area contributed by atoms with Crippen LogP contribution in [0.4, 0.5) is 0 Å². The van der Waals surface area contributed by atoms with E-state index in [-0.39, 0.29) is 18.0 Å². The molecule has 2 aromatic rings. The number of hydrogen-bond donors (Lipinski definition) is 1. The highest BCUT2D eigenvalue weighted by atomic mass is 32.2. The maximum absolute atomic E-state index is 12.6. The summed E-state index contributed by atoms with van der Waals surface area (Å²) in [5.74, 6) is -1.53. The molecule has 1 atom stereocenters. The molecule has 1 aliphatic rings. The Morgan fingerprint density at radius 2 is 2.10 bits per heavy atom. The van der Waals surface area contributed by atoms with Gasteiger partial charge in [0.2, 0.25) is 10.0 Å². The van der Waals surface area contributed by atoms with E-state index in [2.05, 4.69) is 0 Å². The summed E-state index contributed by atoms with van der Waals surface area (Å²) >= 11 is 1.38. The highest BCUT2D eigenvalue weighted by Gasteiger charge is 2.36. The van der Waals surface area contributed by atoms with Gasteiger partial charge in [-0.2, -0.15) is 4.31 Å². The zero-order valence-corrected chi connectivity index (χ0v) is 12.2. The van der Waals surface area contributed by atoms with Crippen LogP contribution in [-0.2, 0) is 14.8 Å². The number of carboxylic acid groups (broad SMARTS) is 1. The number of rotatable bonds is 3. The largest absolute Gasteiger partial charge is 0.481 e. The molecule has 0 bridgehead atoms. The first-order valence-corrected chi connectivity index (χ1v) is 8.51. The number of thiophene rings is 1. The molecule has 1 saturated heterocycles. The van der Waals surface area contributed by atoms with E-state index in [9.17, 15) is 13.2 Å². The molecular formula is C13H13NO4S2. The Labute approximate surface area is 120 Å². The molecule has 3 rings (SSSR count). The van der Waals surface area contributed by atoms with Crippen LogP contribution in [0.3, 0.4) is 0 Å². The van der Waals surface area contributed by atoms with Crippen molar-refractivity contribution in [1.82, 2.24) is 4.31 Å². The zero-order chi connectivity index (χ0) is 14.3. The minimum atomic E-state index is -3.61. The summed E-state index contributed by atoms with van der Waals surface area (Å²) in [7, 11) is -3.61. The summed E-state index contributed by atoms with van der Waals surface area (Å²) in [6.45, 7) is 0.325. The number of carboxylic acids is 1. The number of nitrogens with zero attached hydrogens (tertiary/aromatic N) is 1. The van der Waals surface area contributed by atoms with Gasteiger partial charge in [-0.05, 0) is 12.5 Å². The van der Waals surface area contributed by atoms with Crippen LogP contribution in [0.25, 0.3) is 10.1 Å². The van der Waals surface area contributed by atoms with Crippen molar-refractivity contribution in [3.05, 3.63) is 29.6 Å². The third-order valence-electron chi connectivity index (χ3n) is 3.56. The lowest BCUT2D eigenvalue weighted by atomic mass is 10.1. The first-order chi connectivity index (χ1) is 9.50. The number of benzene rings is 1. The fourth-order valence-electron chi connectivity index (χ4n) is 2.44. The summed E-state index contributed by atoms with van der Waals surface area (Å²) in [6, 6.07) is 7.33. The zero-order valence-electron chi connectivity index (χ0n) is 10.5. The quantitative estimate of drug-likeness (QED) is 0.940. The topological polar surface area (TPSA) is 74.7 Å². The van der Waals surface area contributed by atoms with Crippen molar-refractivity contribution >= 4 is 37.4 Å². The van der Waals surface area contributed by atoms with E-state index in [1.54, 1.807) is 17.5 Å². The van der Waals surface area contributed by atoms with Crippen LogP contribution in [0.2, 0.25) is 0 Å². The molecule has 0 spiro atoms. The van der Waals surface area contributed by atoms with Gasteiger partial charge in [-0.25, -0.2) is 8.42 Å². The normalized spacial score (nSPS) is 20.5. The standard InChI is InChI=1S/C13H13NO4S2/c15-13(16)9-5-6-14(7-9)20(17,18)12-8-19-11-4-2-1-3-10(11)12/h1-4,8-9H,5-7H2,(H,15,16). The van der Waals surface area contributed by atoms with Crippen molar-refractivity contribution in [3.63, 3.8) is 0 Å². The van der Waals surface area contributed by atoms with Gasteiger partial charge in [0.25, 0.3) is 0 Å². The van der Waals surface area contributed by atoms with Crippen molar-refractivity contribution in [2.45, 2.75) is 11.3 Å². The smallest absolute Gasteiger partial charge is 0.307 e. The molecule has 2 heterocycles. The second kappa shape index (κ2) is 4.83. The van der Waals surface area contributed by atoms with E-state index in [4.69, 9.17) is 5.11 Å². The maximum atomic E-state index is 12.6. The van der Waals surface area contributed by atoms with E-state index >= 15 is 0 Å². The fraction of sp³-hybridized carbons (Fsp3) is 0.308. The molecule has 20 heavy (non-hydrogen) atoms. The number of hydrogen-bond acceptors (Lipinski definition) is 4. The molecule has 1 aromatic heterocycles. The monoisotopic (exact) mass is 311 g/mol. The first-order valence-electron chi connectivity index (χ1n) is 6.19. The highest BCUT2D eigenvalue weighted by Crippen LogP contribution is 2.33. The highest BCUT2D eigenvalue weighted by molar-refractivity contribution is 7.89. The molecule has 0 amide bonds. The summed E-state index contributed by atoms with van der Waals surface area (Å²) in [4.78, 5) is 11.2. The lowest BCUT2D eigenvalue weighted by molar-refractivity contribution is -0.141. The van der Waals surface area contributed by atoms with Crippen molar-refractivity contribution in [2.24, 2.45) is 5.92 Å². The van der Waals surface area contributed by atoms with E-state index in [1.807, 2.05) is 12.1 Å². The summed E-state index contributed by atoms with van der Waals surface area (Å²) in [6.07, 6.45) is 0.372. The number of fused-ring (bicyclic) bond motifs is 1. The Morgan fingerprint density at radius 3 is 2.80 bits per heavy atom. The molecular weight excluding hydrogens is 298 g/mol. The summed E-state index contributed by atoms with van der Waals surface area (Å²) < 4.78 is 27.4. The Bertz CT molecular complexity index is 766. The molecule has 7 heteroatoms. The average molecular weight is 311 g/mol. The van der Waals surface area contributed by atoms with Crippen LogP contribution >= 0.6 is 11.3 Å². The fourth-order valence-corrected chi connectivity index (χ4v) is 5.41. The molecule has 5 nitrogen and oxygen atoms in total. The van der Waals surface area contributed by atoms with Crippen LogP contribution in [0.1, 0.15) is 6.42 Å². The molecule has 1 unspecified atom stereocenters. The minimum absolute atomic E-state index is 0.0574. The van der Waals surface area contributed by atoms with Crippen molar-refractivity contribution < 1.29 is 18.3 Å². The Kier molecular flexibility index (Phi) is 3.27. The van der Waals surface area contributed by atoms with Crippen LogP contribution in [-0.4, -0.2) is 36.9 Å². The maximum Gasteiger partial charge on any atom is 0.307 e. The van der Waals surface area contributed by atoms with Gasteiger partial charge in [0.1, 0.15) is 4.90 Å². The summed E-state index contributed by atoms with van der Waals surface area (Å²) in [5.41, 5.74) is 0. The minimum Gasteiger partial charge on any atom is -0.481 e. The molecule has 0 saturated carbocycles. The van der Waals surface area contributed by atoms with E-state index in [0.717, 1.165) is 4.70 Å². The predicted molar refractivity (Wildman–Crippen MR) is 76.3 cm³/mol. The number of sulfonamides is 1. The third kappa shape index (κ3) is 2.11. The van der Waals surface area contributed by atoms with Gasteiger partial charge in [-0.1, -0.05) is 18.2 Å². The van der Waals surface area contributed by atoms with Crippen molar-refractivity contribution in [3.8, 4) is 0 Å². The van der Waals surface area contributed by atoms with Gasteiger partial charge in [0.15, 0.2) is 0 Å². The lowest BCUT2D eigenvalue weighted by Crippen LogP contribution is -2.29. The predicted octanol–water partition coefficient (Wildman–Crippen LogP) is 2.00. The van der Waals surface area contributed by atoms with Gasteiger partial charge in [-0.15, -0.1) is 11.3 Å². The van der Waals surface area contributed by atoms with Crippen LogP contribution in [0.15, 0.2) is 34.5 Å². The molecule has 1 aliphatic heterocycles. The SMILES string of the molecule is O=C(O)C1CCN(S(=O)(=O)c2csc3ccccc23)C1. The Morgan fingerprint density at radius 1 is 1.35 bits per heavy atom. The van der Waals surface area contributed by atoms with Gasteiger partial charge >= 0.3 is 5.97 Å². The molecule has 0 radical (unpaired) electrons. The molecule has 106 valence electrons. The molecule has 1 N–H and O–H groups in total. The van der Waals surface area contributed by atoms with Gasteiger partial charge in [0, 0.05) is 28.6 Å². The van der Waals surface area contributed by atoms with Crippen LogP contribution < -0.4 is 0 Å². The average Bonchev–Trinajstić information content (AvgIpc) is 3.06. The first kappa shape index (κ1) is 13.5. The van der Waals surface area contributed by atoms with E-state index in [0.29, 0.717) is 11.8 Å². The Balaban J connectivity index is 1.99. The van der Waals surface area contributed by atoms with Crippen LogP contribution in [0, 0.1) is 5.92 Å². The second-order valence-corrected chi connectivity index (χ2v) is 7.60. The number of carbonyl (C=O) groups is 1. The van der Waals surface area contributed by atoms with Gasteiger partial charge in [-0.3, -0.25) is 4.79 Å². The Hall–Kier alpha value is -1.44. The summed E-state index contributed by atoms with van der Waals surface area (Å²) in [5, 5.41) is 11.3. The van der Waals surface area contributed by atoms with Gasteiger partial charge < -0.3 is 5.11 Å². The lowest BCUT2D eigenvalue weighted by Gasteiger charge is -2.15. The van der Waals surface area contributed by atoms with Crippen molar-refractivity contribution in [2.75, 3.05) is 13.1 Å². The number of aliphatic carboxylic acids is 1. The van der Waals surface area contributed by atoms with Crippen LogP contribution in [0.5, 0.6) is 0 Å². The van der Waals surface area contributed by atoms with E-state index in [1.165, 1.54) is 15.6 Å². The second-order valence-electron chi connectivity index (χ2n) is 4.78. The van der Waals surface area contributed by atoms with E-state index < -0.39 is 21.9 Å². The molecule has 1 fully saturated rings. The van der Waals surface area contributed by atoms with Crippen molar-refractivity contribution in [1.29, 1.82) is 0 Å². The third-order valence-corrected chi connectivity index (χ3v) is 6.58.